The number of nitrogens with one attached hydrogen (secondary N) is 1. The fourth-order valence-electron chi connectivity index (χ4n) is 4.14. The summed E-state index contributed by atoms with van der Waals surface area (Å²) in [6.07, 6.45) is 8.57. The van der Waals surface area contributed by atoms with Gasteiger partial charge in [0.15, 0.2) is 0 Å². The van der Waals surface area contributed by atoms with Crippen LogP contribution in [-0.2, 0) is 4.74 Å². The number of alkyl halides is 3. The number of ether oxygens (including phenoxy) is 2. The number of aromatic nitrogens is 4. The van der Waals surface area contributed by atoms with E-state index in [-0.39, 0.29) is 23.8 Å². The van der Waals surface area contributed by atoms with Crippen LogP contribution in [-0.4, -0.2) is 44.2 Å². The molecule has 1 saturated carbocycles. The van der Waals surface area contributed by atoms with Crippen LogP contribution in [0.15, 0.2) is 61.4 Å². The fraction of sp³-hybridized carbons (Fsp3) is 0.250. The summed E-state index contributed by atoms with van der Waals surface area (Å²) in [4.78, 5) is 25.9. The zero-order valence-electron chi connectivity index (χ0n) is 18.5. The van der Waals surface area contributed by atoms with Crippen LogP contribution in [0.4, 0.5) is 14.5 Å². The number of methoxy groups -OCH3 is 1. The van der Waals surface area contributed by atoms with Crippen molar-refractivity contribution in [2.24, 2.45) is 0 Å². The molecular formula is C24H20ClF2N5O3. The normalized spacial score (nSPS) is 17.7. The lowest BCUT2D eigenvalue weighted by Crippen LogP contribution is -2.32. The van der Waals surface area contributed by atoms with Crippen LogP contribution in [0.1, 0.15) is 29.2 Å². The highest BCUT2D eigenvalue weighted by Gasteiger charge is 2.32. The maximum absolute atomic E-state index is 13.1. The van der Waals surface area contributed by atoms with Crippen LogP contribution < -0.4 is 10.1 Å². The molecule has 0 unspecified atom stereocenters. The zero-order valence-corrected chi connectivity index (χ0v) is 19.2. The van der Waals surface area contributed by atoms with Crippen molar-refractivity contribution in [3.05, 3.63) is 67.0 Å². The number of nitrogens with zero attached hydrogens (tertiary/aromatic N) is 4. The lowest BCUT2D eigenvalue weighted by Gasteiger charge is -2.35. The molecule has 0 spiro atoms. The van der Waals surface area contributed by atoms with Crippen LogP contribution in [0.3, 0.4) is 0 Å². The van der Waals surface area contributed by atoms with Gasteiger partial charge in [0.05, 0.1) is 23.5 Å². The molecule has 1 fully saturated rings. The summed E-state index contributed by atoms with van der Waals surface area (Å²) >= 11 is 4.79. The summed E-state index contributed by atoms with van der Waals surface area (Å²) in [5, 5.41) is 2.76. The van der Waals surface area contributed by atoms with Crippen molar-refractivity contribution in [2.75, 3.05) is 12.4 Å². The minimum absolute atomic E-state index is 0.131. The Balaban J connectivity index is 1.46. The van der Waals surface area contributed by atoms with Crippen molar-refractivity contribution < 1.29 is 23.0 Å². The Kier molecular flexibility index (Phi) is 6.08. The van der Waals surface area contributed by atoms with Crippen molar-refractivity contribution in [1.82, 2.24) is 19.5 Å². The van der Waals surface area contributed by atoms with E-state index >= 15 is 0 Å². The molecule has 2 heterocycles. The molecule has 5 rings (SSSR count). The maximum Gasteiger partial charge on any atom is 0.487 e. The third-order valence-corrected chi connectivity index (χ3v) is 6.02. The van der Waals surface area contributed by atoms with Crippen molar-refractivity contribution in [3.8, 4) is 16.9 Å². The van der Waals surface area contributed by atoms with Gasteiger partial charge >= 0.3 is 5.57 Å². The Hall–Kier alpha value is -3.63. The highest BCUT2D eigenvalue weighted by atomic mass is 35.5. The summed E-state index contributed by atoms with van der Waals surface area (Å²) in [6, 6.07) is 9.19. The minimum atomic E-state index is -3.81. The third-order valence-electron chi connectivity index (χ3n) is 5.95. The molecule has 2 aromatic heterocycles. The number of benzene rings is 2. The van der Waals surface area contributed by atoms with Crippen LogP contribution in [0, 0.1) is 0 Å². The van der Waals surface area contributed by atoms with Crippen LogP contribution in [0.25, 0.3) is 22.2 Å². The smallest absolute Gasteiger partial charge is 0.420 e. The van der Waals surface area contributed by atoms with Gasteiger partial charge in [0.25, 0.3) is 5.91 Å². The van der Waals surface area contributed by atoms with Gasteiger partial charge < -0.3 is 19.4 Å². The Morgan fingerprint density at radius 2 is 1.89 bits per heavy atom. The van der Waals surface area contributed by atoms with E-state index in [1.165, 1.54) is 30.6 Å². The standard InChI is InChI=1S/C24H20ClF2N5O3/c1-34-19-8-17(9-19)32-13-30-21-7-14(6-20(22(21)32)15-10-28-12-29-11-15)23(33)31-16-2-4-18(5-3-16)35-24(25,26)27/h2-7,10-13,17,19H,8-9H2,1H3,(H,31,33)/t17-,19-. The van der Waals surface area contributed by atoms with Crippen molar-refractivity contribution in [1.29, 1.82) is 0 Å². The number of imidazole rings is 1. The number of anilines is 1. The maximum atomic E-state index is 13.1. The van der Waals surface area contributed by atoms with Gasteiger partial charge in [0, 0.05) is 59.5 Å². The molecule has 4 aromatic rings. The van der Waals surface area contributed by atoms with Gasteiger partial charge in [-0.15, -0.1) is 8.78 Å². The molecule has 0 atom stereocenters. The predicted molar refractivity (Wildman–Crippen MR) is 126 cm³/mol. The topological polar surface area (TPSA) is 91.2 Å². The molecule has 180 valence electrons. The molecule has 0 radical (unpaired) electrons. The number of fused-ring (bicyclic) bond motifs is 1. The highest BCUT2D eigenvalue weighted by molar-refractivity contribution is 6.20. The molecule has 8 nitrogen and oxygen atoms in total. The lowest BCUT2D eigenvalue weighted by atomic mass is 9.88. The molecule has 1 aliphatic carbocycles. The first-order chi connectivity index (χ1) is 16.8. The predicted octanol–water partition coefficient (Wildman–Crippen LogP) is 5.26. The molecule has 0 bridgehead atoms. The molecule has 35 heavy (non-hydrogen) atoms. The second-order valence-corrected chi connectivity index (χ2v) is 8.62. The minimum Gasteiger partial charge on any atom is -0.420 e. The number of carbonyl (C=O) groups is 1. The van der Waals surface area contributed by atoms with E-state index in [0.717, 1.165) is 29.5 Å². The third kappa shape index (κ3) is 4.94. The number of halogens is 3. The van der Waals surface area contributed by atoms with E-state index in [4.69, 9.17) is 16.3 Å². The molecule has 0 aliphatic heterocycles. The van der Waals surface area contributed by atoms with Crippen LogP contribution in [0.5, 0.6) is 5.75 Å². The molecular weight excluding hydrogens is 480 g/mol. The van der Waals surface area contributed by atoms with E-state index < -0.39 is 5.57 Å². The van der Waals surface area contributed by atoms with Crippen LogP contribution in [0.2, 0.25) is 0 Å². The van der Waals surface area contributed by atoms with Gasteiger partial charge in [0.2, 0.25) is 0 Å². The lowest BCUT2D eigenvalue weighted by molar-refractivity contribution is -0.0964. The fourth-order valence-corrected chi connectivity index (χ4v) is 4.23. The summed E-state index contributed by atoms with van der Waals surface area (Å²) in [5.74, 6) is -0.521. The van der Waals surface area contributed by atoms with E-state index in [1.807, 2.05) is 0 Å². The largest absolute Gasteiger partial charge is 0.487 e. The van der Waals surface area contributed by atoms with Gasteiger partial charge in [-0.2, -0.15) is 0 Å². The van der Waals surface area contributed by atoms with Gasteiger partial charge in [-0.25, -0.2) is 15.0 Å². The number of hydrogen-bond donors (Lipinski definition) is 1. The summed E-state index contributed by atoms with van der Waals surface area (Å²) in [7, 11) is 1.71. The molecule has 1 aliphatic rings. The number of hydrogen-bond acceptors (Lipinski definition) is 6. The zero-order chi connectivity index (χ0) is 24.6. The first-order valence-corrected chi connectivity index (χ1v) is 11.1. The van der Waals surface area contributed by atoms with Crippen molar-refractivity contribution in [3.63, 3.8) is 0 Å². The summed E-state index contributed by atoms with van der Waals surface area (Å²) in [6.45, 7) is 0. The Morgan fingerprint density at radius 3 is 2.54 bits per heavy atom. The second kappa shape index (κ2) is 9.20. The molecule has 1 N–H and O–H groups in total. The summed E-state index contributed by atoms with van der Waals surface area (Å²) < 4.78 is 37.5. The van der Waals surface area contributed by atoms with Gasteiger partial charge in [-0.05, 0) is 49.2 Å². The first-order valence-electron chi connectivity index (χ1n) is 10.8. The number of rotatable bonds is 7. The Morgan fingerprint density at radius 1 is 1.17 bits per heavy atom. The van der Waals surface area contributed by atoms with Gasteiger partial charge in [-0.1, -0.05) is 0 Å². The monoisotopic (exact) mass is 499 g/mol. The van der Waals surface area contributed by atoms with Crippen LogP contribution >= 0.6 is 11.6 Å². The molecule has 0 saturated heterocycles. The quantitative estimate of drug-likeness (QED) is 0.349. The number of amides is 1. The van der Waals surface area contributed by atoms with Gasteiger partial charge in [0.1, 0.15) is 12.1 Å². The van der Waals surface area contributed by atoms with E-state index in [0.29, 0.717) is 16.8 Å². The van der Waals surface area contributed by atoms with E-state index in [9.17, 15) is 13.6 Å². The number of carbonyl (C=O) groups excluding carboxylic acids is 1. The average molecular weight is 500 g/mol. The first kappa shape index (κ1) is 23.1. The molecule has 2 aromatic carbocycles. The van der Waals surface area contributed by atoms with E-state index in [1.54, 1.807) is 38.0 Å². The molecule has 1 amide bonds. The Labute approximate surface area is 203 Å². The van der Waals surface area contributed by atoms with Crippen molar-refractivity contribution >= 4 is 34.2 Å². The molecule has 11 heteroatoms. The summed E-state index contributed by atoms with van der Waals surface area (Å²) in [5.41, 5.74) is 0.0307. The Bertz CT molecular complexity index is 1350. The average Bonchev–Trinajstić information content (AvgIpc) is 3.22. The second-order valence-electron chi connectivity index (χ2n) is 8.18. The highest BCUT2D eigenvalue weighted by Crippen LogP contribution is 2.39. The van der Waals surface area contributed by atoms with E-state index in [2.05, 4.69) is 29.6 Å². The van der Waals surface area contributed by atoms with Gasteiger partial charge in [-0.3, -0.25) is 4.79 Å². The van der Waals surface area contributed by atoms with Crippen molar-refractivity contribution in [2.45, 2.75) is 30.6 Å². The SMILES string of the molecule is CO[C@H]1C[C@H](n2cnc3cc(C(=O)Nc4ccc(OC(F)(F)Cl)cc4)cc(-c4cncnc4)c32)C1.